The van der Waals surface area contributed by atoms with Crippen molar-refractivity contribution in [3.05, 3.63) is 0 Å². The Hall–Kier alpha value is -1.59. The lowest BCUT2D eigenvalue weighted by Crippen LogP contribution is -2.30. The smallest absolute Gasteiger partial charge is 0.306 e. The summed E-state index contributed by atoms with van der Waals surface area (Å²) in [6.45, 7) is 8.99. The monoisotopic (exact) mass is 821 g/mol. The molecule has 0 aromatic carbocycles. The largest absolute Gasteiger partial charge is 0.462 e. The van der Waals surface area contributed by atoms with E-state index in [2.05, 4.69) is 27.7 Å². The molecule has 0 saturated heterocycles. The number of esters is 3. The Morgan fingerprint density at radius 2 is 0.569 bits per heavy atom. The number of hydrogen-bond acceptors (Lipinski definition) is 6. The first-order valence-corrected chi connectivity index (χ1v) is 25.9. The zero-order valence-electron chi connectivity index (χ0n) is 39.5. The Balaban J connectivity index is 4.15. The van der Waals surface area contributed by atoms with Gasteiger partial charge in [0.05, 0.1) is 0 Å². The molecule has 0 aromatic heterocycles. The maximum atomic E-state index is 12.7. The Bertz CT molecular complexity index is 872. The number of ether oxygens (including phenoxy) is 3. The highest BCUT2D eigenvalue weighted by Gasteiger charge is 2.19. The van der Waals surface area contributed by atoms with Gasteiger partial charge in [-0.3, -0.25) is 14.4 Å². The maximum Gasteiger partial charge on any atom is 0.306 e. The van der Waals surface area contributed by atoms with Gasteiger partial charge >= 0.3 is 17.9 Å². The van der Waals surface area contributed by atoms with E-state index in [4.69, 9.17) is 14.2 Å². The van der Waals surface area contributed by atoms with Crippen molar-refractivity contribution in [1.29, 1.82) is 0 Å². The van der Waals surface area contributed by atoms with Crippen LogP contribution in [0.5, 0.6) is 0 Å². The SMILES string of the molecule is CCCCCCCCCCCCCCCCCCCCC(=O)OC[C@H](COC(=O)CCCCCCCCCCCCCCC(C)C)OC(=O)CCCCCCCCC. The van der Waals surface area contributed by atoms with Gasteiger partial charge in [-0.25, -0.2) is 0 Å². The van der Waals surface area contributed by atoms with Crippen LogP contribution in [0.15, 0.2) is 0 Å². The van der Waals surface area contributed by atoms with Gasteiger partial charge in [0.25, 0.3) is 0 Å². The predicted octanol–water partition coefficient (Wildman–Crippen LogP) is 16.7. The number of unbranched alkanes of at least 4 members (excludes halogenated alkanes) is 34. The molecule has 6 nitrogen and oxygen atoms in total. The summed E-state index contributed by atoms with van der Waals surface area (Å²) in [5, 5.41) is 0. The van der Waals surface area contributed by atoms with Crippen molar-refractivity contribution < 1.29 is 28.6 Å². The van der Waals surface area contributed by atoms with Crippen molar-refractivity contribution in [3.63, 3.8) is 0 Å². The first-order valence-electron chi connectivity index (χ1n) is 25.9. The van der Waals surface area contributed by atoms with E-state index in [-0.39, 0.29) is 31.1 Å². The molecular formula is C52H100O6. The van der Waals surface area contributed by atoms with Gasteiger partial charge in [0.1, 0.15) is 13.2 Å². The molecule has 0 N–H and O–H groups in total. The van der Waals surface area contributed by atoms with Crippen LogP contribution in [0.2, 0.25) is 0 Å². The molecule has 344 valence electrons. The van der Waals surface area contributed by atoms with E-state index in [0.717, 1.165) is 63.7 Å². The Labute approximate surface area is 361 Å². The molecule has 0 unspecified atom stereocenters. The molecule has 0 aliphatic rings. The van der Waals surface area contributed by atoms with Gasteiger partial charge in [-0.05, 0) is 25.2 Å². The number of hydrogen-bond donors (Lipinski definition) is 0. The summed E-state index contributed by atoms with van der Waals surface area (Å²) in [5.41, 5.74) is 0. The van der Waals surface area contributed by atoms with E-state index < -0.39 is 6.10 Å². The average molecular weight is 821 g/mol. The summed E-state index contributed by atoms with van der Waals surface area (Å²) in [6, 6.07) is 0. The summed E-state index contributed by atoms with van der Waals surface area (Å²) >= 11 is 0. The second-order valence-corrected chi connectivity index (χ2v) is 18.3. The molecule has 1 atom stereocenters. The minimum Gasteiger partial charge on any atom is -0.462 e. The lowest BCUT2D eigenvalue weighted by atomic mass is 10.0. The fraction of sp³-hybridized carbons (Fsp3) is 0.942. The topological polar surface area (TPSA) is 78.9 Å². The Morgan fingerprint density at radius 1 is 0.328 bits per heavy atom. The maximum absolute atomic E-state index is 12.7. The molecule has 0 aliphatic carbocycles. The van der Waals surface area contributed by atoms with E-state index in [1.54, 1.807) is 0 Å². The van der Waals surface area contributed by atoms with Crippen molar-refractivity contribution in [2.45, 2.75) is 297 Å². The van der Waals surface area contributed by atoms with Gasteiger partial charge in [-0.15, -0.1) is 0 Å². The normalized spacial score (nSPS) is 11.9. The second-order valence-electron chi connectivity index (χ2n) is 18.3. The number of carbonyl (C=O) groups is 3. The van der Waals surface area contributed by atoms with Crippen LogP contribution in [0.3, 0.4) is 0 Å². The third-order valence-electron chi connectivity index (χ3n) is 11.8. The molecule has 6 heteroatoms. The summed E-state index contributed by atoms with van der Waals surface area (Å²) in [4.78, 5) is 37.8. The molecule has 0 bridgehead atoms. The van der Waals surface area contributed by atoms with Crippen LogP contribution in [0, 0.1) is 5.92 Å². The highest BCUT2D eigenvalue weighted by molar-refractivity contribution is 5.71. The van der Waals surface area contributed by atoms with Crippen molar-refractivity contribution in [1.82, 2.24) is 0 Å². The van der Waals surface area contributed by atoms with Crippen LogP contribution in [0.1, 0.15) is 291 Å². The van der Waals surface area contributed by atoms with Crippen molar-refractivity contribution in [3.8, 4) is 0 Å². The summed E-state index contributed by atoms with van der Waals surface area (Å²) in [7, 11) is 0. The molecule has 0 radical (unpaired) electrons. The van der Waals surface area contributed by atoms with Crippen molar-refractivity contribution in [2.75, 3.05) is 13.2 Å². The molecule has 0 saturated carbocycles. The zero-order chi connectivity index (χ0) is 42.4. The molecule has 0 aliphatic heterocycles. The zero-order valence-corrected chi connectivity index (χ0v) is 39.5. The number of rotatable bonds is 47. The van der Waals surface area contributed by atoms with Crippen molar-refractivity contribution >= 4 is 17.9 Å². The van der Waals surface area contributed by atoms with Gasteiger partial charge in [0, 0.05) is 19.3 Å². The summed E-state index contributed by atoms with van der Waals surface area (Å²) in [6.07, 6.45) is 48.2. The van der Waals surface area contributed by atoms with E-state index in [1.807, 2.05) is 0 Å². The van der Waals surface area contributed by atoms with Crippen LogP contribution in [0.25, 0.3) is 0 Å². The fourth-order valence-corrected chi connectivity index (χ4v) is 7.86. The lowest BCUT2D eigenvalue weighted by molar-refractivity contribution is -0.167. The van der Waals surface area contributed by atoms with E-state index in [1.165, 1.54) is 186 Å². The van der Waals surface area contributed by atoms with Gasteiger partial charge in [-0.1, -0.05) is 252 Å². The molecule has 0 spiro atoms. The summed E-state index contributed by atoms with van der Waals surface area (Å²) in [5.74, 6) is -0.0183. The molecule has 58 heavy (non-hydrogen) atoms. The van der Waals surface area contributed by atoms with E-state index >= 15 is 0 Å². The summed E-state index contributed by atoms with van der Waals surface area (Å²) < 4.78 is 16.7. The van der Waals surface area contributed by atoms with Crippen LogP contribution >= 0.6 is 0 Å². The van der Waals surface area contributed by atoms with Gasteiger partial charge in [0.2, 0.25) is 0 Å². The molecule has 0 heterocycles. The number of carbonyl (C=O) groups excluding carboxylic acids is 3. The Kier molecular flexibility index (Phi) is 45.2. The Morgan fingerprint density at radius 3 is 0.845 bits per heavy atom. The minimum absolute atomic E-state index is 0.0634. The molecule has 0 fully saturated rings. The molecule has 0 rings (SSSR count). The van der Waals surface area contributed by atoms with Crippen LogP contribution in [0.4, 0.5) is 0 Å². The molecule has 0 amide bonds. The highest BCUT2D eigenvalue weighted by atomic mass is 16.6. The third-order valence-corrected chi connectivity index (χ3v) is 11.8. The first kappa shape index (κ1) is 56.4. The van der Waals surface area contributed by atoms with Crippen LogP contribution in [-0.4, -0.2) is 37.2 Å². The average Bonchev–Trinajstić information content (AvgIpc) is 3.21. The predicted molar refractivity (Wildman–Crippen MR) is 247 cm³/mol. The van der Waals surface area contributed by atoms with Gasteiger partial charge < -0.3 is 14.2 Å². The molecule has 0 aromatic rings. The molecular weight excluding hydrogens is 721 g/mol. The van der Waals surface area contributed by atoms with Gasteiger partial charge in [0.15, 0.2) is 6.10 Å². The standard InChI is InChI=1S/C52H100O6/c1-5-7-9-11-13-14-15-16-17-18-19-20-21-25-28-32-35-39-43-50(53)56-46-49(58-52(55)45-41-37-30-12-10-8-6-2)47-57-51(54)44-40-36-33-29-26-23-22-24-27-31-34-38-42-48(3)4/h48-49H,5-47H2,1-4H3/t49-/m1/s1. The van der Waals surface area contributed by atoms with E-state index in [0.29, 0.717) is 19.3 Å². The van der Waals surface area contributed by atoms with Crippen LogP contribution in [-0.2, 0) is 28.6 Å². The quantitative estimate of drug-likeness (QED) is 0.0346. The van der Waals surface area contributed by atoms with E-state index in [9.17, 15) is 14.4 Å². The lowest BCUT2D eigenvalue weighted by Gasteiger charge is -2.18. The van der Waals surface area contributed by atoms with Gasteiger partial charge in [-0.2, -0.15) is 0 Å². The minimum atomic E-state index is -0.759. The first-order chi connectivity index (χ1) is 28.4. The third kappa shape index (κ3) is 45.5. The highest BCUT2D eigenvalue weighted by Crippen LogP contribution is 2.17. The van der Waals surface area contributed by atoms with Crippen molar-refractivity contribution in [2.24, 2.45) is 5.92 Å². The fourth-order valence-electron chi connectivity index (χ4n) is 7.86. The van der Waals surface area contributed by atoms with Crippen LogP contribution < -0.4 is 0 Å². The second kappa shape index (κ2) is 46.5.